The molecule has 12 heteroatoms. The second kappa shape index (κ2) is 15.2. The van der Waals surface area contributed by atoms with Crippen LogP contribution in [0.1, 0.15) is 42.7 Å². The molecule has 0 bridgehead atoms. The lowest BCUT2D eigenvalue weighted by Crippen LogP contribution is -2.58. The third kappa shape index (κ3) is 8.11. The molecule has 1 amide bonds. The van der Waals surface area contributed by atoms with Crippen molar-refractivity contribution in [2.24, 2.45) is 5.92 Å². The third-order valence-corrected chi connectivity index (χ3v) is 11.1. The van der Waals surface area contributed by atoms with Crippen LogP contribution >= 0.6 is 23.2 Å². The Morgan fingerprint density at radius 2 is 1.76 bits per heavy atom. The fraction of sp³-hybridized carbons (Fsp3) is 0.394. The number of benzene rings is 2. The van der Waals surface area contributed by atoms with Crippen LogP contribution in [-0.4, -0.2) is 62.0 Å². The molecule has 3 aromatic rings. The second-order valence-corrected chi connectivity index (χ2v) is 14.2. The molecule has 0 spiro atoms. The smallest absolute Gasteiger partial charge is 0.243 e. The lowest BCUT2D eigenvalue weighted by atomic mass is 9.79. The molecule has 3 unspecified atom stereocenters. The highest BCUT2D eigenvalue weighted by Crippen LogP contribution is 2.36. The van der Waals surface area contributed by atoms with Crippen LogP contribution in [0.25, 0.3) is 0 Å². The summed E-state index contributed by atoms with van der Waals surface area (Å²) < 4.78 is 49.9. The first kappa shape index (κ1) is 33.5. The molecule has 2 aliphatic heterocycles. The van der Waals surface area contributed by atoms with E-state index in [1.54, 1.807) is 6.08 Å². The summed E-state index contributed by atoms with van der Waals surface area (Å²) in [5.41, 5.74) is 1.57. The standard InChI is InChI=1S/C33H37Cl2FN4O4S/c1-2-26-18-37-19-27(40(26)45(42,43)28-10-7-25(35)8-11-28)9-12-29-31(36)20-38-21-32(29)39-33(41)17-30(23-13-15-44-16-14-23)22-3-5-24(34)6-4-22/h2-8,10-11,20-21,23,26-27,30,37H,1,9,12-19H2,(H,39,41). The van der Waals surface area contributed by atoms with Crippen LogP contribution in [0.3, 0.4) is 0 Å². The predicted octanol–water partition coefficient (Wildman–Crippen LogP) is 6.22. The molecule has 0 saturated carbocycles. The quantitative estimate of drug-likeness (QED) is 0.235. The highest BCUT2D eigenvalue weighted by atomic mass is 35.5. The molecule has 240 valence electrons. The van der Waals surface area contributed by atoms with Crippen molar-refractivity contribution in [1.82, 2.24) is 14.6 Å². The number of aromatic nitrogens is 1. The van der Waals surface area contributed by atoms with E-state index in [9.17, 15) is 13.2 Å². The van der Waals surface area contributed by atoms with E-state index in [1.165, 1.54) is 34.8 Å². The van der Waals surface area contributed by atoms with Gasteiger partial charge < -0.3 is 15.4 Å². The number of pyridine rings is 1. The van der Waals surface area contributed by atoms with Gasteiger partial charge in [0.1, 0.15) is 5.82 Å². The predicted molar refractivity (Wildman–Crippen MR) is 175 cm³/mol. The van der Waals surface area contributed by atoms with Crippen LogP contribution in [0.15, 0.2) is 78.5 Å². The molecular formula is C33H37Cl2FN4O4S. The zero-order chi connectivity index (χ0) is 32.0. The molecule has 8 nitrogen and oxygen atoms in total. The van der Waals surface area contributed by atoms with Gasteiger partial charge in [0.05, 0.1) is 29.0 Å². The van der Waals surface area contributed by atoms with E-state index in [0.29, 0.717) is 42.8 Å². The first-order valence-corrected chi connectivity index (χ1v) is 17.2. The number of hydrogen-bond acceptors (Lipinski definition) is 6. The van der Waals surface area contributed by atoms with Crippen molar-refractivity contribution < 1.29 is 22.3 Å². The topological polar surface area (TPSA) is 101 Å². The summed E-state index contributed by atoms with van der Waals surface area (Å²) in [6, 6.07) is 12.6. The molecule has 2 saturated heterocycles. The summed E-state index contributed by atoms with van der Waals surface area (Å²) in [4.78, 5) is 17.6. The summed E-state index contributed by atoms with van der Waals surface area (Å²) in [7, 11) is -3.92. The number of anilines is 1. The first-order chi connectivity index (χ1) is 21.7. The summed E-state index contributed by atoms with van der Waals surface area (Å²) in [6.07, 6.45) is 6.49. The maximum Gasteiger partial charge on any atom is 0.243 e. The van der Waals surface area contributed by atoms with E-state index in [0.717, 1.165) is 24.6 Å². The van der Waals surface area contributed by atoms with E-state index in [4.69, 9.17) is 27.9 Å². The number of rotatable bonds is 11. The molecule has 2 aromatic carbocycles. The molecule has 5 rings (SSSR count). The highest BCUT2D eigenvalue weighted by Gasteiger charge is 2.38. The summed E-state index contributed by atoms with van der Waals surface area (Å²) >= 11 is 12.1. The van der Waals surface area contributed by atoms with Gasteiger partial charge in [-0.1, -0.05) is 41.4 Å². The largest absolute Gasteiger partial charge is 0.381 e. The number of carbonyl (C=O) groups excluding carboxylic acids is 1. The van der Waals surface area contributed by atoms with Crippen molar-refractivity contribution in [1.29, 1.82) is 0 Å². The number of piperazine rings is 1. The summed E-state index contributed by atoms with van der Waals surface area (Å²) in [5, 5.41) is 7.24. The molecule has 3 atom stereocenters. The summed E-state index contributed by atoms with van der Waals surface area (Å²) in [5.74, 6) is -0.636. The number of carbonyl (C=O) groups is 1. The SMILES string of the molecule is C=CC1CNCC(CCc2c(F)cncc2NC(=O)CC(c2ccc(Cl)cc2)C2CCOCC2)N1S(=O)(=O)c1ccc(Cl)cc1. The first-order valence-electron chi connectivity index (χ1n) is 15.0. The van der Waals surface area contributed by atoms with Crippen LogP contribution in [0.4, 0.5) is 10.1 Å². The Morgan fingerprint density at radius 3 is 2.42 bits per heavy atom. The fourth-order valence-electron chi connectivity index (χ4n) is 6.29. The van der Waals surface area contributed by atoms with Crippen molar-refractivity contribution in [3.63, 3.8) is 0 Å². The average Bonchev–Trinajstić information content (AvgIpc) is 3.04. The molecular weight excluding hydrogens is 638 g/mol. The van der Waals surface area contributed by atoms with Gasteiger partial charge >= 0.3 is 0 Å². The van der Waals surface area contributed by atoms with Crippen molar-refractivity contribution >= 4 is 44.8 Å². The number of amides is 1. The summed E-state index contributed by atoms with van der Waals surface area (Å²) in [6.45, 7) is 5.91. The number of hydrogen-bond donors (Lipinski definition) is 2. The molecule has 3 heterocycles. The van der Waals surface area contributed by atoms with Crippen LogP contribution in [0.2, 0.25) is 10.0 Å². The zero-order valence-electron chi connectivity index (χ0n) is 24.8. The average molecular weight is 676 g/mol. The number of ether oxygens (including phenoxy) is 1. The van der Waals surface area contributed by atoms with Gasteiger partial charge in [0.25, 0.3) is 0 Å². The Kier molecular flexibility index (Phi) is 11.3. The van der Waals surface area contributed by atoms with Gasteiger partial charge in [-0.15, -0.1) is 6.58 Å². The molecule has 2 aliphatic rings. The van der Waals surface area contributed by atoms with Gasteiger partial charge in [0.2, 0.25) is 15.9 Å². The molecule has 0 radical (unpaired) electrons. The zero-order valence-corrected chi connectivity index (χ0v) is 27.1. The maximum absolute atomic E-state index is 15.3. The van der Waals surface area contributed by atoms with Crippen LogP contribution in [0.5, 0.6) is 0 Å². The minimum atomic E-state index is -3.92. The van der Waals surface area contributed by atoms with Gasteiger partial charge in [-0.25, -0.2) is 12.8 Å². The Labute approximate surface area is 274 Å². The van der Waals surface area contributed by atoms with Crippen LogP contribution in [0, 0.1) is 11.7 Å². The third-order valence-electron chi connectivity index (χ3n) is 8.63. The Balaban J connectivity index is 1.34. The van der Waals surface area contributed by atoms with Gasteiger partial charge in [-0.05, 0) is 79.5 Å². The number of halogens is 3. The molecule has 1 aromatic heterocycles. The Hall–Kier alpha value is -2.86. The number of sulfonamides is 1. The normalized spacial score (nSPS) is 20.4. The minimum Gasteiger partial charge on any atom is -0.381 e. The highest BCUT2D eigenvalue weighted by molar-refractivity contribution is 7.89. The van der Waals surface area contributed by atoms with E-state index in [-0.39, 0.29) is 46.7 Å². The number of nitrogens with one attached hydrogen (secondary N) is 2. The van der Waals surface area contributed by atoms with E-state index in [2.05, 4.69) is 22.2 Å². The second-order valence-electron chi connectivity index (χ2n) is 11.5. The van der Waals surface area contributed by atoms with E-state index in [1.807, 2.05) is 24.3 Å². The Morgan fingerprint density at radius 1 is 1.09 bits per heavy atom. The lowest BCUT2D eigenvalue weighted by Gasteiger charge is -2.40. The van der Waals surface area contributed by atoms with E-state index < -0.39 is 27.9 Å². The molecule has 2 N–H and O–H groups in total. The van der Waals surface area contributed by atoms with Crippen molar-refractivity contribution in [2.75, 3.05) is 31.6 Å². The van der Waals surface area contributed by atoms with Gasteiger partial charge in [0, 0.05) is 54.4 Å². The molecule has 2 fully saturated rings. The van der Waals surface area contributed by atoms with Crippen LogP contribution in [-0.2, 0) is 26.0 Å². The van der Waals surface area contributed by atoms with E-state index >= 15 is 4.39 Å². The lowest BCUT2D eigenvalue weighted by molar-refractivity contribution is -0.117. The Bertz CT molecular complexity index is 1590. The minimum absolute atomic E-state index is 0.0630. The fourth-order valence-corrected chi connectivity index (χ4v) is 8.35. The maximum atomic E-state index is 15.3. The van der Waals surface area contributed by atoms with Crippen molar-refractivity contribution in [3.05, 3.63) is 101 Å². The van der Waals surface area contributed by atoms with Gasteiger partial charge in [0.15, 0.2) is 0 Å². The van der Waals surface area contributed by atoms with Crippen LogP contribution < -0.4 is 10.6 Å². The van der Waals surface area contributed by atoms with Crippen molar-refractivity contribution in [2.45, 2.75) is 55.0 Å². The molecule has 45 heavy (non-hydrogen) atoms. The molecule has 0 aliphatic carbocycles. The van der Waals surface area contributed by atoms with Crippen molar-refractivity contribution in [3.8, 4) is 0 Å². The van der Waals surface area contributed by atoms with Gasteiger partial charge in [-0.3, -0.25) is 9.78 Å². The number of nitrogens with zero attached hydrogens (tertiary/aromatic N) is 2. The van der Waals surface area contributed by atoms with Gasteiger partial charge in [-0.2, -0.15) is 4.31 Å². The monoisotopic (exact) mass is 674 g/mol.